The van der Waals surface area contributed by atoms with Crippen molar-refractivity contribution in [3.8, 4) is 0 Å². The van der Waals surface area contributed by atoms with Gasteiger partial charge in [-0.15, -0.1) is 0 Å². The van der Waals surface area contributed by atoms with E-state index >= 15 is 0 Å². The van der Waals surface area contributed by atoms with Crippen LogP contribution in [-0.4, -0.2) is 10.9 Å². The molecule has 90 valence electrons. The van der Waals surface area contributed by atoms with Crippen LogP contribution in [-0.2, 0) is 0 Å². The minimum atomic E-state index is -0.454. The summed E-state index contributed by atoms with van der Waals surface area (Å²) >= 11 is 5.28. The maximum atomic E-state index is 11.1. The van der Waals surface area contributed by atoms with Gasteiger partial charge in [-0.2, -0.15) is 0 Å². The number of amides is 1. The quantitative estimate of drug-likeness (QED) is 0.830. The molecule has 0 aliphatic carbocycles. The monoisotopic (exact) mass is 256 g/mol. The summed E-state index contributed by atoms with van der Waals surface area (Å²) in [5.74, 6) is -0.454. The van der Waals surface area contributed by atoms with Crippen molar-refractivity contribution in [1.29, 1.82) is 0 Å². The lowest BCUT2D eigenvalue weighted by Crippen LogP contribution is -2.13. The molecule has 0 unspecified atom stereocenters. The highest BCUT2D eigenvalue weighted by molar-refractivity contribution is 7.81. The molecule has 1 amide bonds. The van der Waals surface area contributed by atoms with Crippen LogP contribution in [0.15, 0.2) is 54.6 Å². The molecular formula is C14H12N2OS. The first-order valence-electron chi connectivity index (χ1n) is 5.43. The fourth-order valence-electron chi connectivity index (χ4n) is 1.54. The summed E-state index contributed by atoms with van der Waals surface area (Å²) in [7, 11) is 0. The Morgan fingerprint density at radius 3 is 2.33 bits per heavy atom. The SMILES string of the molecule is NC(=O)c1cccc(NC(=S)c2ccccc2)c1. The first kappa shape index (κ1) is 12.3. The average molecular weight is 256 g/mol. The Morgan fingerprint density at radius 2 is 1.67 bits per heavy atom. The van der Waals surface area contributed by atoms with Crippen molar-refractivity contribution in [1.82, 2.24) is 0 Å². The molecule has 2 aromatic rings. The summed E-state index contributed by atoms with van der Waals surface area (Å²) in [6.45, 7) is 0. The highest BCUT2D eigenvalue weighted by atomic mass is 32.1. The second kappa shape index (κ2) is 5.42. The van der Waals surface area contributed by atoms with Crippen LogP contribution in [0, 0.1) is 0 Å². The van der Waals surface area contributed by atoms with Crippen LogP contribution in [0.3, 0.4) is 0 Å². The summed E-state index contributed by atoms with van der Waals surface area (Å²) in [4.78, 5) is 11.7. The van der Waals surface area contributed by atoms with Gasteiger partial charge < -0.3 is 11.1 Å². The number of nitrogens with two attached hydrogens (primary N) is 1. The van der Waals surface area contributed by atoms with E-state index in [0.29, 0.717) is 10.6 Å². The number of benzene rings is 2. The summed E-state index contributed by atoms with van der Waals surface area (Å²) in [6, 6.07) is 16.6. The predicted octanol–water partition coefficient (Wildman–Crippen LogP) is 2.57. The Morgan fingerprint density at radius 1 is 1.00 bits per heavy atom. The number of hydrogen-bond donors (Lipinski definition) is 2. The molecule has 3 N–H and O–H groups in total. The predicted molar refractivity (Wildman–Crippen MR) is 76.7 cm³/mol. The zero-order valence-electron chi connectivity index (χ0n) is 9.59. The number of nitrogens with one attached hydrogen (secondary N) is 1. The molecule has 2 aromatic carbocycles. The third-order valence-electron chi connectivity index (χ3n) is 2.44. The van der Waals surface area contributed by atoms with Crippen molar-refractivity contribution >= 4 is 28.8 Å². The maximum absolute atomic E-state index is 11.1. The van der Waals surface area contributed by atoms with Crippen molar-refractivity contribution in [2.45, 2.75) is 0 Å². The Balaban J connectivity index is 2.17. The molecule has 3 nitrogen and oxygen atoms in total. The molecule has 0 aliphatic rings. The van der Waals surface area contributed by atoms with Gasteiger partial charge in [0.25, 0.3) is 0 Å². The lowest BCUT2D eigenvalue weighted by atomic mass is 10.2. The van der Waals surface area contributed by atoms with Gasteiger partial charge in [-0.3, -0.25) is 4.79 Å². The maximum Gasteiger partial charge on any atom is 0.248 e. The number of primary amides is 1. The molecule has 2 rings (SSSR count). The molecule has 0 atom stereocenters. The molecule has 0 heterocycles. The molecule has 0 saturated carbocycles. The Bertz CT molecular complexity index is 581. The van der Waals surface area contributed by atoms with Crippen LogP contribution >= 0.6 is 12.2 Å². The van der Waals surface area contributed by atoms with E-state index in [-0.39, 0.29) is 0 Å². The molecule has 0 fully saturated rings. The van der Waals surface area contributed by atoms with E-state index in [2.05, 4.69) is 5.32 Å². The Labute approximate surface area is 111 Å². The fraction of sp³-hybridized carbons (Fsp3) is 0. The smallest absolute Gasteiger partial charge is 0.248 e. The van der Waals surface area contributed by atoms with E-state index in [9.17, 15) is 4.79 Å². The van der Waals surface area contributed by atoms with E-state index in [4.69, 9.17) is 18.0 Å². The minimum Gasteiger partial charge on any atom is -0.366 e. The highest BCUT2D eigenvalue weighted by Crippen LogP contribution is 2.12. The van der Waals surface area contributed by atoms with Gasteiger partial charge in [-0.1, -0.05) is 48.6 Å². The molecule has 0 spiro atoms. The van der Waals surface area contributed by atoms with Gasteiger partial charge in [-0.05, 0) is 18.2 Å². The minimum absolute atomic E-state index is 0.454. The summed E-state index contributed by atoms with van der Waals surface area (Å²) in [5, 5.41) is 3.08. The van der Waals surface area contributed by atoms with Crippen LogP contribution in [0.1, 0.15) is 15.9 Å². The van der Waals surface area contributed by atoms with Gasteiger partial charge in [-0.25, -0.2) is 0 Å². The molecule has 0 aromatic heterocycles. The van der Waals surface area contributed by atoms with Gasteiger partial charge >= 0.3 is 0 Å². The van der Waals surface area contributed by atoms with Crippen molar-refractivity contribution < 1.29 is 4.79 Å². The number of rotatable bonds is 3. The molecule has 4 heteroatoms. The van der Waals surface area contributed by atoms with E-state index in [1.54, 1.807) is 18.2 Å². The average Bonchev–Trinajstić information content (AvgIpc) is 2.40. The van der Waals surface area contributed by atoms with Crippen molar-refractivity contribution in [2.24, 2.45) is 5.73 Å². The van der Waals surface area contributed by atoms with Gasteiger partial charge in [0.1, 0.15) is 4.99 Å². The zero-order valence-corrected chi connectivity index (χ0v) is 10.4. The van der Waals surface area contributed by atoms with E-state index < -0.39 is 5.91 Å². The van der Waals surface area contributed by atoms with Crippen molar-refractivity contribution in [3.63, 3.8) is 0 Å². The fourth-order valence-corrected chi connectivity index (χ4v) is 1.80. The van der Waals surface area contributed by atoms with Gasteiger partial charge in [0, 0.05) is 16.8 Å². The van der Waals surface area contributed by atoms with Gasteiger partial charge in [0.05, 0.1) is 0 Å². The second-order valence-electron chi connectivity index (χ2n) is 3.77. The first-order valence-corrected chi connectivity index (χ1v) is 5.84. The standard InChI is InChI=1S/C14H12N2OS/c15-13(17)11-7-4-8-12(9-11)16-14(18)10-5-2-1-3-6-10/h1-9H,(H2,15,17)(H,16,18). The molecule has 0 saturated heterocycles. The largest absolute Gasteiger partial charge is 0.366 e. The highest BCUT2D eigenvalue weighted by Gasteiger charge is 2.04. The third-order valence-corrected chi connectivity index (χ3v) is 2.78. The number of carbonyl (C=O) groups excluding carboxylic acids is 1. The summed E-state index contributed by atoms with van der Waals surface area (Å²) in [5.41, 5.74) is 7.36. The number of thiocarbonyl (C=S) groups is 1. The summed E-state index contributed by atoms with van der Waals surface area (Å²) in [6.07, 6.45) is 0. The summed E-state index contributed by atoms with van der Waals surface area (Å²) < 4.78 is 0. The number of carbonyl (C=O) groups is 1. The first-order chi connectivity index (χ1) is 8.66. The van der Waals surface area contributed by atoms with E-state index in [1.165, 1.54) is 0 Å². The molecular weight excluding hydrogens is 244 g/mol. The van der Waals surface area contributed by atoms with Crippen molar-refractivity contribution in [3.05, 3.63) is 65.7 Å². The molecule has 0 radical (unpaired) electrons. The number of hydrogen-bond acceptors (Lipinski definition) is 2. The van der Waals surface area contributed by atoms with Gasteiger partial charge in [0.15, 0.2) is 0 Å². The topological polar surface area (TPSA) is 55.1 Å². The number of anilines is 1. The second-order valence-corrected chi connectivity index (χ2v) is 4.17. The lowest BCUT2D eigenvalue weighted by molar-refractivity contribution is 0.100. The third kappa shape index (κ3) is 2.93. The van der Waals surface area contributed by atoms with Crippen LogP contribution in [0.2, 0.25) is 0 Å². The van der Waals surface area contributed by atoms with Crippen LogP contribution in [0.25, 0.3) is 0 Å². The Hall–Kier alpha value is -2.20. The molecule has 0 bridgehead atoms. The molecule has 0 aliphatic heterocycles. The lowest BCUT2D eigenvalue weighted by Gasteiger charge is -2.08. The zero-order chi connectivity index (χ0) is 13.0. The van der Waals surface area contributed by atoms with E-state index in [0.717, 1.165) is 11.3 Å². The van der Waals surface area contributed by atoms with E-state index in [1.807, 2.05) is 36.4 Å². The van der Waals surface area contributed by atoms with Crippen LogP contribution in [0.4, 0.5) is 5.69 Å². The van der Waals surface area contributed by atoms with Crippen molar-refractivity contribution in [2.75, 3.05) is 5.32 Å². The van der Waals surface area contributed by atoms with Crippen LogP contribution in [0.5, 0.6) is 0 Å². The van der Waals surface area contributed by atoms with Crippen LogP contribution < -0.4 is 11.1 Å². The Kier molecular flexibility index (Phi) is 3.69. The molecule has 18 heavy (non-hydrogen) atoms. The van der Waals surface area contributed by atoms with Gasteiger partial charge in [0.2, 0.25) is 5.91 Å². The normalized spacial score (nSPS) is 9.78.